The lowest BCUT2D eigenvalue weighted by atomic mass is 9.94. The van der Waals surface area contributed by atoms with E-state index in [4.69, 9.17) is 21.5 Å². The molecule has 37 heavy (non-hydrogen) atoms. The minimum atomic E-state index is -0.585. The Labute approximate surface area is 215 Å². The maximum Gasteiger partial charge on any atom is 0.410 e. The van der Waals surface area contributed by atoms with Gasteiger partial charge < -0.3 is 26.4 Å². The number of piperazine rings is 1. The standard InChI is InChI=1S/C25H30N10O2/c1-25(2,3)37-24(36)35-10-8-34(9-11-35)13-15-4-6-16(7-5-15)20-18-19(28)17(12-26)21(29)32-22(18)33-23(31-20)30-14-27/h4-7,20H,8-11,13H2,1-3H3,(H6,28,29,30,31,32,33). The van der Waals surface area contributed by atoms with Gasteiger partial charge in [0.25, 0.3) is 0 Å². The molecule has 12 nitrogen and oxygen atoms in total. The number of rotatable bonds is 3. The molecule has 2 aliphatic heterocycles. The quantitative estimate of drug-likeness (QED) is 0.358. The Hall–Kier alpha value is -4.55. The van der Waals surface area contributed by atoms with Gasteiger partial charge in [0.05, 0.1) is 5.69 Å². The Morgan fingerprint density at radius 1 is 1.19 bits per heavy atom. The Kier molecular flexibility index (Phi) is 7.05. The van der Waals surface area contributed by atoms with Gasteiger partial charge in [-0.15, -0.1) is 0 Å². The van der Waals surface area contributed by atoms with Crippen LogP contribution in [0.5, 0.6) is 0 Å². The topological polar surface area (TPSA) is 182 Å². The number of guanidine groups is 1. The fraction of sp³-hybridized carbons (Fsp3) is 0.400. The van der Waals surface area contributed by atoms with Crippen LogP contribution in [0.3, 0.4) is 0 Å². The zero-order valence-corrected chi connectivity index (χ0v) is 21.1. The average molecular weight is 503 g/mol. The second-order valence-corrected chi connectivity index (χ2v) is 9.89. The van der Waals surface area contributed by atoms with Crippen molar-refractivity contribution in [1.82, 2.24) is 20.1 Å². The van der Waals surface area contributed by atoms with Crippen LogP contribution in [0.25, 0.3) is 0 Å². The number of hydrogen-bond acceptors (Lipinski definition) is 11. The van der Waals surface area contributed by atoms with Gasteiger partial charge in [-0.05, 0) is 31.9 Å². The number of nitrogens with two attached hydrogens (primary N) is 2. The van der Waals surface area contributed by atoms with E-state index in [2.05, 4.69) is 25.5 Å². The number of pyridine rings is 1. The molecule has 0 spiro atoms. The first-order chi connectivity index (χ1) is 17.6. The fourth-order valence-electron chi connectivity index (χ4n) is 4.30. The summed E-state index contributed by atoms with van der Waals surface area (Å²) < 4.78 is 5.47. The molecule has 0 aliphatic carbocycles. The number of anilines is 3. The van der Waals surface area contributed by atoms with Gasteiger partial charge in [0, 0.05) is 38.3 Å². The summed E-state index contributed by atoms with van der Waals surface area (Å²) in [7, 11) is 0. The molecule has 0 radical (unpaired) electrons. The number of nitrogens with one attached hydrogen (secondary N) is 2. The summed E-state index contributed by atoms with van der Waals surface area (Å²) in [6, 6.07) is 9.33. The van der Waals surface area contributed by atoms with Gasteiger partial charge in [0.1, 0.15) is 34.9 Å². The third-order valence-corrected chi connectivity index (χ3v) is 6.08. The number of ether oxygens (including phenoxy) is 1. The summed E-state index contributed by atoms with van der Waals surface area (Å²) in [5, 5.41) is 24.0. The number of nitrogen functional groups attached to an aromatic ring is 2. The molecule has 4 rings (SSSR count). The normalized spacial score (nSPS) is 17.5. The summed E-state index contributed by atoms with van der Waals surface area (Å²) in [6.07, 6.45) is 1.57. The van der Waals surface area contributed by atoms with Crippen molar-refractivity contribution in [3.63, 3.8) is 0 Å². The average Bonchev–Trinajstić information content (AvgIpc) is 2.84. The van der Waals surface area contributed by atoms with Gasteiger partial charge in [-0.25, -0.2) is 14.8 Å². The molecule has 6 N–H and O–H groups in total. The van der Waals surface area contributed by atoms with Crippen LogP contribution in [-0.2, 0) is 11.3 Å². The number of aliphatic imine (C=N–C) groups is 1. The molecule has 1 amide bonds. The highest BCUT2D eigenvalue weighted by Crippen LogP contribution is 2.40. The smallest absolute Gasteiger partial charge is 0.410 e. The first-order valence-electron chi connectivity index (χ1n) is 11.9. The molecule has 0 bridgehead atoms. The third kappa shape index (κ3) is 5.66. The van der Waals surface area contributed by atoms with E-state index >= 15 is 0 Å². The van der Waals surface area contributed by atoms with Crippen LogP contribution in [0.2, 0.25) is 0 Å². The van der Waals surface area contributed by atoms with Crippen molar-refractivity contribution in [3.05, 3.63) is 46.5 Å². The number of aromatic nitrogens is 1. The largest absolute Gasteiger partial charge is 0.444 e. The van der Waals surface area contributed by atoms with Crippen LogP contribution >= 0.6 is 0 Å². The van der Waals surface area contributed by atoms with E-state index in [0.29, 0.717) is 24.5 Å². The summed E-state index contributed by atoms with van der Waals surface area (Å²) in [4.78, 5) is 25.2. The number of amides is 1. The molecule has 12 heteroatoms. The summed E-state index contributed by atoms with van der Waals surface area (Å²) >= 11 is 0. The molecule has 1 atom stereocenters. The van der Waals surface area contributed by atoms with Crippen molar-refractivity contribution in [1.29, 1.82) is 10.5 Å². The highest BCUT2D eigenvalue weighted by atomic mass is 16.6. The van der Waals surface area contributed by atoms with Gasteiger partial charge in [0.15, 0.2) is 6.19 Å². The van der Waals surface area contributed by atoms with E-state index in [1.54, 1.807) is 4.90 Å². The van der Waals surface area contributed by atoms with Gasteiger partial charge in [-0.3, -0.25) is 10.2 Å². The van der Waals surface area contributed by atoms with Crippen molar-refractivity contribution >= 4 is 29.4 Å². The molecule has 2 aliphatic rings. The Morgan fingerprint density at radius 2 is 1.86 bits per heavy atom. The highest BCUT2D eigenvalue weighted by molar-refractivity contribution is 5.98. The van der Waals surface area contributed by atoms with Gasteiger partial charge in [0.2, 0.25) is 5.96 Å². The second kappa shape index (κ2) is 10.2. The minimum absolute atomic E-state index is 0.00493. The lowest BCUT2D eigenvalue weighted by Crippen LogP contribution is -2.49. The van der Waals surface area contributed by atoms with Gasteiger partial charge in [-0.2, -0.15) is 10.5 Å². The van der Waals surface area contributed by atoms with Crippen molar-refractivity contribution in [2.45, 2.75) is 39.0 Å². The second-order valence-electron chi connectivity index (χ2n) is 9.89. The molecule has 1 saturated heterocycles. The molecule has 1 aromatic heterocycles. The van der Waals surface area contributed by atoms with Crippen molar-refractivity contribution in [2.24, 2.45) is 4.99 Å². The molecule has 1 aromatic carbocycles. The molecule has 2 aromatic rings. The van der Waals surface area contributed by atoms with Gasteiger partial charge in [-0.1, -0.05) is 24.3 Å². The zero-order chi connectivity index (χ0) is 26.7. The maximum atomic E-state index is 12.3. The number of nitriles is 2. The summed E-state index contributed by atoms with van der Waals surface area (Å²) in [5.74, 6) is 0.562. The first kappa shape index (κ1) is 25.5. The maximum absolute atomic E-state index is 12.3. The summed E-state index contributed by atoms with van der Waals surface area (Å²) in [6.45, 7) is 9.03. The van der Waals surface area contributed by atoms with Crippen molar-refractivity contribution in [2.75, 3.05) is 43.0 Å². The van der Waals surface area contributed by atoms with Crippen molar-refractivity contribution < 1.29 is 9.53 Å². The Bertz CT molecular complexity index is 1290. The highest BCUT2D eigenvalue weighted by Gasteiger charge is 2.30. The predicted octanol–water partition coefficient (Wildman–Crippen LogP) is 2.11. The first-order valence-corrected chi connectivity index (χ1v) is 11.9. The molecule has 0 saturated carbocycles. The van der Waals surface area contributed by atoms with E-state index in [1.807, 2.05) is 57.3 Å². The van der Waals surface area contributed by atoms with E-state index in [9.17, 15) is 10.1 Å². The van der Waals surface area contributed by atoms with E-state index in [0.717, 1.165) is 30.8 Å². The Balaban J connectivity index is 1.49. The molecule has 192 valence electrons. The van der Waals surface area contributed by atoms with Crippen LogP contribution in [0.1, 0.15) is 49.1 Å². The monoisotopic (exact) mass is 502 g/mol. The minimum Gasteiger partial charge on any atom is -0.444 e. The lowest BCUT2D eigenvalue weighted by molar-refractivity contribution is 0.0139. The number of benzene rings is 1. The number of carbonyl (C=O) groups is 1. The molecule has 1 fully saturated rings. The number of fused-ring (bicyclic) bond motifs is 1. The van der Waals surface area contributed by atoms with Crippen molar-refractivity contribution in [3.8, 4) is 12.3 Å². The predicted molar refractivity (Wildman–Crippen MR) is 139 cm³/mol. The SMILES string of the molecule is CC(C)(C)OC(=O)N1CCN(Cc2ccc(C3N=C(NC#N)Nc4nc(N)c(C#N)c(N)c43)cc2)CC1. The number of carbonyl (C=O) groups excluding carboxylic acids is 1. The molecule has 3 heterocycles. The molecule has 1 unspecified atom stereocenters. The van der Waals surface area contributed by atoms with Gasteiger partial charge >= 0.3 is 6.09 Å². The summed E-state index contributed by atoms with van der Waals surface area (Å²) in [5.41, 5.74) is 14.4. The third-order valence-electron chi connectivity index (χ3n) is 6.08. The fourth-order valence-corrected chi connectivity index (χ4v) is 4.30. The van der Waals surface area contributed by atoms with Crippen LogP contribution < -0.4 is 22.1 Å². The Morgan fingerprint density at radius 3 is 2.46 bits per heavy atom. The molecular formula is C25H30N10O2. The van der Waals surface area contributed by atoms with E-state index < -0.39 is 11.6 Å². The van der Waals surface area contributed by atoms with E-state index in [-0.39, 0.29) is 29.1 Å². The van der Waals surface area contributed by atoms with Crippen LogP contribution in [0.15, 0.2) is 29.3 Å². The van der Waals surface area contributed by atoms with Crippen LogP contribution in [0, 0.1) is 22.8 Å². The lowest BCUT2D eigenvalue weighted by Gasteiger charge is -2.35. The van der Waals surface area contributed by atoms with Crippen LogP contribution in [-0.4, -0.2) is 58.6 Å². The van der Waals surface area contributed by atoms with E-state index in [1.165, 1.54) is 0 Å². The van der Waals surface area contributed by atoms with Crippen LogP contribution in [0.4, 0.5) is 22.1 Å². The number of hydrogen-bond donors (Lipinski definition) is 4. The number of nitrogens with zero attached hydrogens (tertiary/aromatic N) is 6. The molecular weight excluding hydrogens is 472 g/mol. The zero-order valence-electron chi connectivity index (χ0n) is 21.1.